The first kappa shape index (κ1) is 10.1. The molecule has 82 valence electrons. The third-order valence-corrected chi connectivity index (χ3v) is 2.25. The molecule has 3 N–H and O–H groups in total. The van der Waals surface area contributed by atoms with Crippen molar-refractivity contribution in [3.05, 3.63) is 33.1 Å². The summed E-state index contributed by atoms with van der Waals surface area (Å²) in [5, 5.41) is 18.7. The van der Waals surface area contributed by atoms with E-state index in [-0.39, 0.29) is 6.61 Å². The number of rotatable bonds is 1. The van der Waals surface area contributed by atoms with E-state index in [1.807, 2.05) is 4.98 Å². The molecule has 1 aromatic rings. The number of nitrogens with one attached hydrogen (secondary N) is 1. The van der Waals surface area contributed by atoms with Crippen molar-refractivity contribution in [1.82, 2.24) is 9.55 Å². The summed E-state index contributed by atoms with van der Waals surface area (Å²) in [4.78, 5) is 24.1. The van der Waals surface area contributed by atoms with Gasteiger partial charge in [-0.2, -0.15) is 0 Å². The van der Waals surface area contributed by atoms with Crippen molar-refractivity contribution in [2.24, 2.45) is 0 Å². The van der Waals surface area contributed by atoms with Gasteiger partial charge in [0.15, 0.2) is 6.23 Å². The first-order valence-corrected chi connectivity index (χ1v) is 4.39. The second-order valence-corrected chi connectivity index (χ2v) is 3.30. The van der Waals surface area contributed by atoms with E-state index in [1.165, 1.54) is 6.20 Å². The summed E-state index contributed by atoms with van der Waals surface area (Å²) in [6.07, 6.45) is -1.93. The van der Waals surface area contributed by atoms with Crippen LogP contribution in [0.3, 0.4) is 0 Å². The Hall–Kier alpha value is -1.44. The second kappa shape index (κ2) is 3.61. The van der Waals surface area contributed by atoms with Crippen molar-refractivity contribution in [3.8, 4) is 0 Å². The molecular weight excluding hydrogens is 204 g/mol. The van der Waals surface area contributed by atoms with Crippen molar-refractivity contribution < 1.29 is 14.9 Å². The van der Waals surface area contributed by atoms with E-state index < -0.39 is 29.7 Å². The van der Waals surface area contributed by atoms with Crippen molar-refractivity contribution in [1.29, 1.82) is 0 Å². The van der Waals surface area contributed by atoms with Crippen LogP contribution < -0.4 is 11.2 Å². The zero-order chi connectivity index (χ0) is 11.0. The molecule has 0 saturated carbocycles. The number of hydrogen-bond acceptors (Lipinski definition) is 5. The van der Waals surface area contributed by atoms with Crippen LogP contribution in [0.1, 0.15) is 6.23 Å². The number of aliphatic hydroxyl groups excluding tert-OH is 2. The first-order valence-electron chi connectivity index (χ1n) is 4.39. The Morgan fingerprint density at radius 1 is 1.47 bits per heavy atom. The Balaban J connectivity index is 2.39. The Bertz CT molecular complexity index is 465. The number of hydrogen-bond donors (Lipinski definition) is 3. The molecule has 2 rings (SSSR count). The van der Waals surface area contributed by atoms with Crippen LogP contribution in [0.15, 0.2) is 21.9 Å². The van der Waals surface area contributed by atoms with Crippen molar-refractivity contribution in [2.45, 2.75) is 18.4 Å². The van der Waals surface area contributed by atoms with Crippen LogP contribution in [0.4, 0.5) is 0 Å². The zero-order valence-corrected chi connectivity index (χ0v) is 7.66. The van der Waals surface area contributed by atoms with Crippen LogP contribution in [0, 0.1) is 0 Å². The lowest BCUT2D eigenvalue weighted by Gasteiger charge is -2.16. The average Bonchev–Trinajstić information content (AvgIpc) is 2.49. The standard InChI is InChI=1S/C8H10N2O5/c11-4-3-15-7(6(4)13)10-2-1-5(12)9-8(10)14/h1-2,4,6-7,11,13H,3H2,(H,9,12,14). The lowest BCUT2D eigenvalue weighted by atomic mass is 10.2. The quantitative estimate of drug-likeness (QED) is 0.491. The summed E-state index contributed by atoms with van der Waals surface area (Å²) in [6.45, 7) is -0.0442. The minimum absolute atomic E-state index is 0.0442. The number of ether oxygens (including phenoxy) is 1. The van der Waals surface area contributed by atoms with Gasteiger partial charge in [-0.15, -0.1) is 0 Å². The highest BCUT2D eigenvalue weighted by atomic mass is 16.5. The molecule has 1 aliphatic rings. The minimum Gasteiger partial charge on any atom is -0.388 e. The fourth-order valence-corrected chi connectivity index (χ4v) is 1.46. The average molecular weight is 214 g/mol. The van der Waals surface area contributed by atoms with Gasteiger partial charge in [-0.25, -0.2) is 4.79 Å². The molecular formula is C8H10N2O5. The number of H-pyrrole nitrogens is 1. The van der Waals surface area contributed by atoms with Gasteiger partial charge >= 0.3 is 5.69 Å². The molecule has 1 aliphatic heterocycles. The summed E-state index contributed by atoms with van der Waals surface area (Å²) in [5.41, 5.74) is -1.20. The topological polar surface area (TPSA) is 105 Å². The van der Waals surface area contributed by atoms with Gasteiger partial charge in [0.1, 0.15) is 12.2 Å². The van der Waals surface area contributed by atoms with E-state index in [0.717, 1.165) is 10.6 Å². The van der Waals surface area contributed by atoms with Crippen molar-refractivity contribution in [2.75, 3.05) is 6.61 Å². The van der Waals surface area contributed by atoms with Crippen LogP contribution in [0.2, 0.25) is 0 Å². The van der Waals surface area contributed by atoms with Gasteiger partial charge in [-0.1, -0.05) is 0 Å². The maximum absolute atomic E-state index is 11.3. The zero-order valence-electron chi connectivity index (χ0n) is 7.66. The Morgan fingerprint density at radius 3 is 2.73 bits per heavy atom. The normalized spacial score (nSPS) is 30.7. The molecule has 0 aromatic carbocycles. The van der Waals surface area contributed by atoms with Crippen LogP contribution in [0.5, 0.6) is 0 Å². The Kier molecular flexibility index (Phi) is 2.43. The predicted octanol–water partition coefficient (Wildman–Crippen LogP) is -2.21. The molecule has 15 heavy (non-hydrogen) atoms. The fourth-order valence-electron chi connectivity index (χ4n) is 1.46. The largest absolute Gasteiger partial charge is 0.388 e. The van der Waals surface area contributed by atoms with Gasteiger partial charge in [0.05, 0.1) is 6.61 Å². The maximum atomic E-state index is 11.3. The molecule has 1 saturated heterocycles. The molecule has 0 bridgehead atoms. The highest BCUT2D eigenvalue weighted by Crippen LogP contribution is 2.21. The molecule has 0 amide bonds. The highest BCUT2D eigenvalue weighted by molar-refractivity contribution is 4.89. The summed E-state index contributed by atoms with van der Waals surface area (Å²) < 4.78 is 6.06. The minimum atomic E-state index is -1.17. The lowest BCUT2D eigenvalue weighted by Crippen LogP contribution is -2.37. The summed E-state index contributed by atoms with van der Waals surface area (Å²) in [6, 6.07) is 1.14. The maximum Gasteiger partial charge on any atom is 0.330 e. The van der Waals surface area contributed by atoms with Gasteiger partial charge < -0.3 is 14.9 Å². The van der Waals surface area contributed by atoms with E-state index >= 15 is 0 Å². The van der Waals surface area contributed by atoms with Crippen molar-refractivity contribution in [3.63, 3.8) is 0 Å². The molecule has 7 nitrogen and oxygen atoms in total. The molecule has 0 radical (unpaired) electrons. The van der Waals surface area contributed by atoms with E-state index in [9.17, 15) is 19.8 Å². The fraction of sp³-hybridized carbons (Fsp3) is 0.500. The van der Waals surface area contributed by atoms with Gasteiger partial charge in [-0.05, 0) is 0 Å². The SMILES string of the molecule is O=c1ccn(C2OCC(O)C2O)c(=O)[nH]1. The molecule has 0 spiro atoms. The number of aliphatic hydroxyl groups is 2. The molecule has 3 atom stereocenters. The summed E-state index contributed by atoms with van der Waals surface area (Å²) in [7, 11) is 0. The van der Waals surface area contributed by atoms with E-state index in [1.54, 1.807) is 0 Å². The summed E-state index contributed by atoms with van der Waals surface area (Å²) >= 11 is 0. The molecule has 7 heteroatoms. The molecule has 0 aliphatic carbocycles. The molecule has 3 unspecified atom stereocenters. The van der Waals surface area contributed by atoms with Crippen LogP contribution >= 0.6 is 0 Å². The van der Waals surface area contributed by atoms with E-state index in [2.05, 4.69) is 0 Å². The van der Waals surface area contributed by atoms with Crippen molar-refractivity contribution >= 4 is 0 Å². The smallest absolute Gasteiger partial charge is 0.330 e. The monoisotopic (exact) mass is 214 g/mol. The molecule has 1 aromatic heterocycles. The highest BCUT2D eigenvalue weighted by Gasteiger charge is 2.36. The first-order chi connectivity index (χ1) is 7.09. The summed E-state index contributed by atoms with van der Waals surface area (Å²) in [5.74, 6) is 0. The molecule has 1 fully saturated rings. The Labute approximate surface area is 83.6 Å². The Morgan fingerprint density at radius 2 is 2.20 bits per heavy atom. The lowest BCUT2D eigenvalue weighted by molar-refractivity contribution is -0.0212. The molecule has 2 heterocycles. The number of aromatic amines is 1. The predicted molar refractivity (Wildman–Crippen MR) is 48.3 cm³/mol. The third-order valence-electron chi connectivity index (χ3n) is 2.25. The number of nitrogens with zero attached hydrogens (tertiary/aromatic N) is 1. The van der Waals surface area contributed by atoms with Crippen LogP contribution in [-0.2, 0) is 4.74 Å². The third kappa shape index (κ3) is 1.72. The van der Waals surface area contributed by atoms with Crippen LogP contribution in [0.25, 0.3) is 0 Å². The van der Waals surface area contributed by atoms with Gasteiger partial charge in [0.25, 0.3) is 5.56 Å². The van der Waals surface area contributed by atoms with Gasteiger partial charge in [0.2, 0.25) is 0 Å². The van der Waals surface area contributed by atoms with E-state index in [4.69, 9.17) is 4.74 Å². The van der Waals surface area contributed by atoms with Crippen LogP contribution in [-0.4, -0.2) is 38.6 Å². The second-order valence-electron chi connectivity index (χ2n) is 3.30. The number of aromatic nitrogens is 2. The van der Waals surface area contributed by atoms with Gasteiger partial charge in [0, 0.05) is 12.3 Å². The van der Waals surface area contributed by atoms with Gasteiger partial charge in [-0.3, -0.25) is 14.3 Å². The van der Waals surface area contributed by atoms with E-state index in [0.29, 0.717) is 0 Å².